The second-order valence-electron chi connectivity index (χ2n) is 2.46. The van der Waals surface area contributed by atoms with Crippen LogP contribution in [0.2, 0.25) is 0 Å². The fourth-order valence-corrected chi connectivity index (χ4v) is 3.67. The predicted octanol–water partition coefficient (Wildman–Crippen LogP) is 1.11. The number of rotatable bonds is 5. The van der Waals surface area contributed by atoms with Crippen LogP contribution in [-0.4, -0.2) is 46.7 Å². The van der Waals surface area contributed by atoms with Gasteiger partial charge in [0.1, 0.15) is 0 Å². The normalized spacial score (nSPS) is 13.1. The van der Waals surface area contributed by atoms with E-state index in [1.807, 2.05) is 6.92 Å². The molecule has 88 valence electrons. The molecule has 1 unspecified atom stereocenters. The van der Waals surface area contributed by atoms with Gasteiger partial charge in [-0.3, -0.25) is 0 Å². The molecule has 14 heavy (non-hydrogen) atoms. The maximum Gasteiger partial charge on any atom is 0.513 e. The number of hydrogen-bond acceptors (Lipinski definition) is 5. The lowest BCUT2D eigenvalue weighted by Gasteiger charge is -2.28. The summed E-state index contributed by atoms with van der Waals surface area (Å²) in [6.07, 6.45) is 0.880. The summed E-state index contributed by atoms with van der Waals surface area (Å²) in [6.45, 7) is 3.95. The summed E-state index contributed by atoms with van der Waals surface area (Å²) in [7, 11) is 2.33. The Kier molecular flexibility index (Phi) is 11.9. The van der Waals surface area contributed by atoms with Crippen molar-refractivity contribution in [1.29, 1.82) is 0 Å². The van der Waals surface area contributed by atoms with E-state index in [2.05, 4.69) is 12.6 Å². The number of aliphatic hydroxyl groups is 1. The van der Waals surface area contributed by atoms with Gasteiger partial charge in [0, 0.05) is 27.9 Å². The Hall–Kier alpha value is 0.407. The van der Waals surface area contributed by atoms with Gasteiger partial charge in [0.05, 0.1) is 4.87 Å². The minimum atomic E-state index is -2.46. The van der Waals surface area contributed by atoms with Crippen LogP contribution in [0.25, 0.3) is 0 Å². The van der Waals surface area contributed by atoms with Gasteiger partial charge in [-0.15, -0.1) is 0 Å². The third kappa shape index (κ3) is 5.33. The molecule has 1 atom stereocenters. The lowest BCUT2D eigenvalue weighted by atomic mass is 10.6. The van der Waals surface area contributed by atoms with Crippen molar-refractivity contribution in [2.24, 2.45) is 0 Å². The molecule has 0 aliphatic heterocycles. The lowest BCUT2D eigenvalue weighted by molar-refractivity contribution is 0.121. The van der Waals surface area contributed by atoms with E-state index < -0.39 is 8.80 Å². The number of hydrogen-bond donors (Lipinski definition) is 2. The van der Waals surface area contributed by atoms with Gasteiger partial charge in [0.2, 0.25) is 0 Å². The smallest absolute Gasteiger partial charge is 0.397 e. The van der Waals surface area contributed by atoms with Crippen LogP contribution in [-0.2, 0) is 13.3 Å². The predicted molar refractivity (Wildman–Crippen MR) is 62.6 cm³/mol. The van der Waals surface area contributed by atoms with Crippen LogP contribution in [0, 0.1) is 0 Å². The van der Waals surface area contributed by atoms with E-state index >= 15 is 0 Å². The van der Waals surface area contributed by atoms with Crippen LogP contribution in [0.15, 0.2) is 0 Å². The highest BCUT2D eigenvalue weighted by molar-refractivity contribution is 7.83. The van der Waals surface area contributed by atoms with Gasteiger partial charge in [-0.05, 0) is 13.3 Å². The monoisotopic (exact) mass is 242 g/mol. The van der Waals surface area contributed by atoms with Crippen molar-refractivity contribution in [2.45, 2.75) is 25.1 Å². The van der Waals surface area contributed by atoms with Crippen molar-refractivity contribution < 1.29 is 18.4 Å². The Bertz CT molecular complexity index is 114. The van der Waals surface area contributed by atoms with Crippen molar-refractivity contribution in [3.05, 3.63) is 0 Å². The molecule has 0 radical (unpaired) electrons. The zero-order chi connectivity index (χ0) is 11.6. The van der Waals surface area contributed by atoms with Crippen molar-refractivity contribution in [3.8, 4) is 0 Å². The van der Waals surface area contributed by atoms with Crippen LogP contribution >= 0.6 is 12.6 Å². The maximum absolute atomic E-state index is 7.57. The van der Waals surface area contributed by atoms with Gasteiger partial charge >= 0.3 is 8.80 Å². The standard InChI is InChI=1S/C6H16O3SSi.C2H6O/c1-5-6(10)11(7-2,8-3)9-4;1-2-3/h6,10H,5H2,1-4H3;3H,2H2,1H3. The molecule has 4 nitrogen and oxygen atoms in total. The van der Waals surface area contributed by atoms with Gasteiger partial charge in [-0.2, -0.15) is 12.6 Å². The molecule has 0 aromatic heterocycles. The Morgan fingerprint density at radius 2 is 1.43 bits per heavy atom. The summed E-state index contributed by atoms with van der Waals surface area (Å²) in [4.78, 5) is 0.0579. The summed E-state index contributed by atoms with van der Waals surface area (Å²) in [6, 6.07) is 0. The van der Waals surface area contributed by atoms with E-state index in [4.69, 9.17) is 18.4 Å². The van der Waals surface area contributed by atoms with E-state index in [1.165, 1.54) is 0 Å². The first-order valence-electron chi connectivity index (χ1n) is 4.52. The first kappa shape index (κ1) is 16.8. The highest BCUT2D eigenvalue weighted by Gasteiger charge is 2.44. The molecule has 0 amide bonds. The quantitative estimate of drug-likeness (QED) is 0.560. The molecule has 6 heteroatoms. The Morgan fingerprint density at radius 3 is 1.50 bits per heavy atom. The zero-order valence-corrected chi connectivity index (χ0v) is 11.5. The largest absolute Gasteiger partial charge is 0.513 e. The fraction of sp³-hybridized carbons (Fsp3) is 1.00. The first-order chi connectivity index (χ1) is 6.58. The molecular formula is C8H22O4SSi. The van der Waals surface area contributed by atoms with E-state index in [1.54, 1.807) is 28.3 Å². The van der Waals surface area contributed by atoms with Gasteiger partial charge in [-0.25, -0.2) is 0 Å². The van der Waals surface area contributed by atoms with Crippen molar-refractivity contribution in [1.82, 2.24) is 0 Å². The molecule has 0 saturated carbocycles. The van der Waals surface area contributed by atoms with Crippen LogP contribution in [0.3, 0.4) is 0 Å². The van der Waals surface area contributed by atoms with Crippen molar-refractivity contribution in [2.75, 3.05) is 27.9 Å². The molecule has 0 spiro atoms. The second kappa shape index (κ2) is 9.94. The molecule has 0 aromatic carbocycles. The van der Waals surface area contributed by atoms with Crippen LogP contribution in [0.4, 0.5) is 0 Å². The molecule has 0 aromatic rings. The molecule has 0 heterocycles. The van der Waals surface area contributed by atoms with Crippen molar-refractivity contribution in [3.63, 3.8) is 0 Å². The maximum atomic E-state index is 7.57. The molecule has 0 aliphatic rings. The number of thiol groups is 1. The highest BCUT2D eigenvalue weighted by Crippen LogP contribution is 2.19. The van der Waals surface area contributed by atoms with Crippen molar-refractivity contribution >= 4 is 21.4 Å². The third-order valence-electron chi connectivity index (χ3n) is 1.65. The summed E-state index contributed by atoms with van der Waals surface area (Å²) >= 11 is 4.34. The van der Waals surface area contributed by atoms with Crippen LogP contribution < -0.4 is 0 Å². The molecule has 0 rings (SSSR count). The molecular weight excluding hydrogens is 220 g/mol. The number of aliphatic hydroxyl groups excluding tert-OH is 1. The van der Waals surface area contributed by atoms with E-state index in [0.29, 0.717) is 0 Å². The third-order valence-corrected chi connectivity index (χ3v) is 5.89. The van der Waals surface area contributed by atoms with Gasteiger partial charge < -0.3 is 18.4 Å². The average molecular weight is 242 g/mol. The zero-order valence-electron chi connectivity index (χ0n) is 9.61. The summed E-state index contributed by atoms with van der Waals surface area (Å²) in [5, 5.41) is 7.57. The average Bonchev–Trinajstić information content (AvgIpc) is 2.22. The molecule has 0 fully saturated rings. The Balaban J connectivity index is 0. The SMILES string of the molecule is CCC(S)[Si](OC)(OC)OC.CCO. The van der Waals surface area contributed by atoms with Gasteiger partial charge in [0.15, 0.2) is 0 Å². The topological polar surface area (TPSA) is 47.9 Å². The van der Waals surface area contributed by atoms with E-state index in [9.17, 15) is 0 Å². The Labute approximate surface area is 93.3 Å². The molecule has 0 saturated heterocycles. The summed E-state index contributed by atoms with van der Waals surface area (Å²) in [5.41, 5.74) is 0. The van der Waals surface area contributed by atoms with Gasteiger partial charge in [-0.1, -0.05) is 6.92 Å². The van der Waals surface area contributed by atoms with Gasteiger partial charge in [0.25, 0.3) is 0 Å². The Morgan fingerprint density at radius 1 is 1.14 bits per heavy atom. The minimum absolute atomic E-state index is 0.0579. The molecule has 1 N–H and O–H groups in total. The van der Waals surface area contributed by atoms with Crippen LogP contribution in [0.1, 0.15) is 20.3 Å². The van der Waals surface area contributed by atoms with E-state index in [0.717, 1.165) is 6.42 Å². The second-order valence-corrected chi connectivity index (χ2v) is 6.69. The minimum Gasteiger partial charge on any atom is -0.397 e. The first-order valence-corrected chi connectivity index (χ1v) is 6.84. The summed E-state index contributed by atoms with van der Waals surface area (Å²) < 4.78 is 15.6. The lowest BCUT2D eigenvalue weighted by Crippen LogP contribution is -2.51. The summed E-state index contributed by atoms with van der Waals surface area (Å²) in [5.74, 6) is 0. The van der Waals surface area contributed by atoms with Crippen LogP contribution in [0.5, 0.6) is 0 Å². The van der Waals surface area contributed by atoms with E-state index in [-0.39, 0.29) is 11.5 Å². The molecule has 0 aliphatic carbocycles. The highest BCUT2D eigenvalue weighted by atomic mass is 32.1. The molecule has 0 bridgehead atoms. The fourth-order valence-electron chi connectivity index (χ4n) is 0.908.